The maximum absolute atomic E-state index is 13.3. The molecule has 0 spiro atoms. The molecule has 2 aromatic rings. The molecule has 2 N–H and O–H groups in total. The van der Waals surface area contributed by atoms with Gasteiger partial charge >= 0.3 is 0 Å². The van der Waals surface area contributed by atoms with Crippen molar-refractivity contribution < 1.29 is 9.21 Å². The third-order valence-corrected chi connectivity index (χ3v) is 5.29. The van der Waals surface area contributed by atoms with E-state index in [9.17, 15) is 4.79 Å². The van der Waals surface area contributed by atoms with Gasteiger partial charge in [0.25, 0.3) is 5.91 Å². The smallest absolute Gasteiger partial charge is 0.258 e. The molecule has 1 fully saturated rings. The summed E-state index contributed by atoms with van der Waals surface area (Å²) in [4.78, 5) is 24.0. The van der Waals surface area contributed by atoms with Crippen LogP contribution >= 0.6 is 0 Å². The minimum atomic E-state index is -0.0370. The molecule has 0 aromatic carbocycles. The summed E-state index contributed by atoms with van der Waals surface area (Å²) in [6.45, 7) is 4.48. The van der Waals surface area contributed by atoms with Crippen LogP contribution in [0.5, 0.6) is 0 Å². The Labute approximate surface area is 147 Å². The van der Waals surface area contributed by atoms with Gasteiger partial charge in [0.2, 0.25) is 0 Å². The minimum absolute atomic E-state index is 0.0370. The number of rotatable bonds is 2. The van der Waals surface area contributed by atoms with E-state index in [0.29, 0.717) is 11.6 Å². The first kappa shape index (κ1) is 16.1. The number of hydrogen-bond acceptors (Lipinski definition) is 5. The standard InChI is InChI=1S/C19H24N4O2/c1-11-18(13-6-3-4-8-16(13)25-11)19(24)23-9-5-7-15(23)14-10-17(20)22-12(2)21-14/h10,15H,3-9H2,1-2H3,(H2,20,21,22). The van der Waals surface area contributed by atoms with Crippen LogP contribution in [0.25, 0.3) is 0 Å². The quantitative estimate of drug-likeness (QED) is 0.908. The van der Waals surface area contributed by atoms with Crippen molar-refractivity contribution in [2.24, 2.45) is 0 Å². The summed E-state index contributed by atoms with van der Waals surface area (Å²) in [6.07, 6.45) is 6.01. The van der Waals surface area contributed by atoms with E-state index in [-0.39, 0.29) is 11.9 Å². The number of carbonyl (C=O) groups excluding carboxylic acids is 1. The molecular weight excluding hydrogens is 316 g/mol. The van der Waals surface area contributed by atoms with Gasteiger partial charge in [-0.25, -0.2) is 9.97 Å². The van der Waals surface area contributed by atoms with E-state index in [1.165, 1.54) is 0 Å². The first-order chi connectivity index (χ1) is 12.0. The number of carbonyl (C=O) groups is 1. The lowest BCUT2D eigenvalue weighted by Crippen LogP contribution is -2.32. The second-order valence-electron chi connectivity index (χ2n) is 7.06. The molecule has 1 aliphatic heterocycles. The average molecular weight is 340 g/mol. The zero-order valence-corrected chi connectivity index (χ0v) is 14.8. The van der Waals surface area contributed by atoms with Crippen LogP contribution in [0.1, 0.15) is 70.7 Å². The van der Waals surface area contributed by atoms with E-state index in [2.05, 4.69) is 9.97 Å². The fourth-order valence-corrected chi connectivity index (χ4v) is 4.23. The van der Waals surface area contributed by atoms with Crippen molar-refractivity contribution in [3.05, 3.63) is 40.2 Å². The third-order valence-electron chi connectivity index (χ3n) is 5.29. The van der Waals surface area contributed by atoms with E-state index in [0.717, 1.165) is 73.4 Å². The van der Waals surface area contributed by atoms with Gasteiger partial charge in [0.05, 0.1) is 17.3 Å². The van der Waals surface area contributed by atoms with Gasteiger partial charge in [0, 0.05) is 24.6 Å². The van der Waals surface area contributed by atoms with Gasteiger partial charge in [-0.3, -0.25) is 4.79 Å². The number of nitrogens with zero attached hydrogens (tertiary/aromatic N) is 3. The van der Waals surface area contributed by atoms with E-state index in [1.54, 1.807) is 6.07 Å². The zero-order chi connectivity index (χ0) is 17.6. The van der Waals surface area contributed by atoms with Crippen LogP contribution in [-0.2, 0) is 12.8 Å². The number of anilines is 1. The number of amides is 1. The Morgan fingerprint density at radius 2 is 2.04 bits per heavy atom. The highest BCUT2D eigenvalue weighted by atomic mass is 16.3. The van der Waals surface area contributed by atoms with Gasteiger partial charge < -0.3 is 15.1 Å². The molecule has 2 aromatic heterocycles. The highest BCUT2D eigenvalue weighted by Gasteiger charge is 2.35. The van der Waals surface area contributed by atoms with Gasteiger partial charge in [0.1, 0.15) is 23.2 Å². The van der Waals surface area contributed by atoms with Crippen LogP contribution in [0, 0.1) is 13.8 Å². The number of aryl methyl sites for hydroxylation is 3. The lowest BCUT2D eigenvalue weighted by atomic mass is 9.94. The number of nitrogens with two attached hydrogens (primary N) is 1. The Bertz CT molecular complexity index is 807. The van der Waals surface area contributed by atoms with Crippen molar-refractivity contribution in [3.8, 4) is 0 Å². The first-order valence-electron chi connectivity index (χ1n) is 9.07. The lowest BCUT2D eigenvalue weighted by Gasteiger charge is -2.25. The predicted molar refractivity (Wildman–Crippen MR) is 94.3 cm³/mol. The lowest BCUT2D eigenvalue weighted by molar-refractivity contribution is 0.0730. The van der Waals surface area contributed by atoms with Gasteiger partial charge in [-0.15, -0.1) is 0 Å². The Balaban J connectivity index is 1.69. The molecule has 0 radical (unpaired) electrons. The first-order valence-corrected chi connectivity index (χ1v) is 9.07. The van der Waals surface area contributed by atoms with Gasteiger partial charge in [-0.2, -0.15) is 0 Å². The van der Waals surface area contributed by atoms with E-state index in [1.807, 2.05) is 18.7 Å². The molecular formula is C19H24N4O2. The molecule has 1 saturated heterocycles. The Morgan fingerprint density at radius 3 is 2.84 bits per heavy atom. The minimum Gasteiger partial charge on any atom is -0.465 e. The molecule has 1 unspecified atom stereocenters. The molecule has 1 amide bonds. The summed E-state index contributed by atoms with van der Waals surface area (Å²) in [5, 5.41) is 0. The number of aromatic nitrogens is 2. The SMILES string of the molecule is Cc1nc(N)cc(C2CCCN2C(=O)c2c(C)oc3c2CCCC3)n1. The molecule has 2 aliphatic rings. The summed E-state index contributed by atoms with van der Waals surface area (Å²) in [5.41, 5.74) is 8.63. The summed E-state index contributed by atoms with van der Waals surface area (Å²) < 4.78 is 5.90. The van der Waals surface area contributed by atoms with Crippen molar-refractivity contribution in [1.29, 1.82) is 0 Å². The third kappa shape index (κ3) is 2.79. The highest BCUT2D eigenvalue weighted by Crippen LogP contribution is 2.36. The molecule has 0 bridgehead atoms. The fourth-order valence-electron chi connectivity index (χ4n) is 4.23. The monoisotopic (exact) mass is 340 g/mol. The van der Waals surface area contributed by atoms with Gasteiger partial charge in [-0.05, 0) is 46.0 Å². The van der Waals surface area contributed by atoms with Crippen molar-refractivity contribution in [2.45, 2.75) is 58.4 Å². The van der Waals surface area contributed by atoms with E-state index < -0.39 is 0 Å². The van der Waals surface area contributed by atoms with Crippen molar-refractivity contribution in [3.63, 3.8) is 0 Å². The number of hydrogen-bond donors (Lipinski definition) is 1. The van der Waals surface area contributed by atoms with Crippen LogP contribution < -0.4 is 5.73 Å². The van der Waals surface area contributed by atoms with Crippen LogP contribution in [0.15, 0.2) is 10.5 Å². The van der Waals surface area contributed by atoms with Crippen molar-refractivity contribution >= 4 is 11.7 Å². The van der Waals surface area contributed by atoms with Crippen molar-refractivity contribution in [1.82, 2.24) is 14.9 Å². The molecule has 1 atom stereocenters. The second kappa shape index (κ2) is 6.17. The topological polar surface area (TPSA) is 85.2 Å². The van der Waals surface area contributed by atoms with E-state index >= 15 is 0 Å². The van der Waals surface area contributed by atoms with Gasteiger partial charge in [-0.1, -0.05) is 0 Å². The largest absolute Gasteiger partial charge is 0.465 e. The number of likely N-dealkylation sites (tertiary alicyclic amines) is 1. The van der Waals surface area contributed by atoms with Crippen LogP contribution in [-0.4, -0.2) is 27.3 Å². The molecule has 6 nitrogen and oxygen atoms in total. The van der Waals surface area contributed by atoms with Gasteiger partial charge in [0.15, 0.2) is 0 Å². The predicted octanol–water partition coefficient (Wildman–Crippen LogP) is 3.12. The maximum Gasteiger partial charge on any atom is 0.258 e. The summed E-state index contributed by atoms with van der Waals surface area (Å²) in [6, 6.07) is 1.76. The Morgan fingerprint density at radius 1 is 1.24 bits per heavy atom. The molecule has 0 saturated carbocycles. The molecule has 132 valence electrons. The molecule has 6 heteroatoms. The zero-order valence-electron chi connectivity index (χ0n) is 14.8. The summed E-state index contributed by atoms with van der Waals surface area (Å²) in [5.74, 6) is 2.93. The molecule has 25 heavy (non-hydrogen) atoms. The normalized spacial score (nSPS) is 19.9. The Hall–Kier alpha value is -2.37. The summed E-state index contributed by atoms with van der Waals surface area (Å²) in [7, 11) is 0. The average Bonchev–Trinajstić information content (AvgIpc) is 3.17. The van der Waals surface area contributed by atoms with Crippen LogP contribution in [0.2, 0.25) is 0 Å². The number of fused-ring (bicyclic) bond motifs is 1. The fraction of sp³-hybridized carbons (Fsp3) is 0.526. The second-order valence-corrected chi connectivity index (χ2v) is 7.06. The van der Waals surface area contributed by atoms with Crippen LogP contribution in [0.3, 0.4) is 0 Å². The maximum atomic E-state index is 13.3. The number of furan rings is 1. The van der Waals surface area contributed by atoms with Crippen LogP contribution in [0.4, 0.5) is 5.82 Å². The van der Waals surface area contributed by atoms with Crippen molar-refractivity contribution in [2.75, 3.05) is 12.3 Å². The molecule has 1 aliphatic carbocycles. The molecule has 4 rings (SSSR count). The van der Waals surface area contributed by atoms with E-state index in [4.69, 9.17) is 10.2 Å². The summed E-state index contributed by atoms with van der Waals surface area (Å²) >= 11 is 0. The number of nitrogen functional groups attached to an aromatic ring is 1. The highest BCUT2D eigenvalue weighted by molar-refractivity contribution is 5.97. The molecule has 3 heterocycles. The Kier molecular flexibility index (Phi) is 3.98.